The first-order valence-corrected chi connectivity index (χ1v) is 7.31. The zero-order valence-electron chi connectivity index (χ0n) is 11.6. The molecule has 1 unspecified atom stereocenters. The molecule has 0 spiro atoms. The van der Waals surface area contributed by atoms with Crippen molar-refractivity contribution in [3.63, 3.8) is 0 Å². The predicted octanol–water partition coefficient (Wildman–Crippen LogP) is 3.16. The fraction of sp³-hybridized carbons (Fsp3) is 0.533. The van der Waals surface area contributed by atoms with Crippen LogP contribution in [0.15, 0.2) is 24.3 Å². The topological polar surface area (TPSA) is 33.3 Å². The van der Waals surface area contributed by atoms with Crippen molar-refractivity contribution >= 4 is 17.3 Å². The van der Waals surface area contributed by atoms with E-state index in [0.29, 0.717) is 6.04 Å². The molecule has 3 nitrogen and oxygen atoms in total. The lowest BCUT2D eigenvalue weighted by Gasteiger charge is -2.20. The van der Waals surface area contributed by atoms with E-state index >= 15 is 0 Å². The molecule has 0 aromatic heterocycles. The molecular formula is C15H22N2OS. The highest BCUT2D eigenvalue weighted by molar-refractivity contribution is 7.80. The van der Waals surface area contributed by atoms with Gasteiger partial charge in [0, 0.05) is 6.04 Å². The summed E-state index contributed by atoms with van der Waals surface area (Å²) in [5.41, 5.74) is 1.18. The van der Waals surface area contributed by atoms with E-state index in [1.165, 1.54) is 31.2 Å². The highest BCUT2D eigenvalue weighted by Crippen LogP contribution is 2.20. The van der Waals surface area contributed by atoms with E-state index in [1.807, 2.05) is 18.2 Å². The number of methoxy groups -OCH3 is 1. The number of ether oxygens (including phenoxy) is 1. The van der Waals surface area contributed by atoms with Gasteiger partial charge in [0.05, 0.1) is 13.2 Å². The van der Waals surface area contributed by atoms with Crippen molar-refractivity contribution in [3.05, 3.63) is 29.8 Å². The van der Waals surface area contributed by atoms with Gasteiger partial charge in [-0.1, -0.05) is 25.0 Å². The fourth-order valence-electron chi connectivity index (χ4n) is 2.49. The Hall–Kier alpha value is -1.29. The van der Waals surface area contributed by atoms with Crippen LogP contribution in [0, 0.1) is 0 Å². The number of thiocarbonyl (C=S) groups is 1. The van der Waals surface area contributed by atoms with Crippen LogP contribution in [0.4, 0.5) is 0 Å². The molecule has 2 rings (SSSR count). The molecule has 0 saturated heterocycles. The average Bonchev–Trinajstić information content (AvgIpc) is 2.91. The van der Waals surface area contributed by atoms with E-state index < -0.39 is 0 Å². The highest BCUT2D eigenvalue weighted by Gasteiger charge is 2.16. The van der Waals surface area contributed by atoms with E-state index in [0.717, 1.165) is 10.9 Å². The molecule has 1 atom stereocenters. The minimum atomic E-state index is 0.177. The number of benzene rings is 1. The molecule has 0 bridgehead atoms. The van der Waals surface area contributed by atoms with E-state index in [2.05, 4.69) is 23.6 Å². The van der Waals surface area contributed by atoms with Gasteiger partial charge in [0.2, 0.25) is 0 Å². The summed E-state index contributed by atoms with van der Waals surface area (Å²) in [7, 11) is 1.68. The number of rotatable bonds is 4. The van der Waals surface area contributed by atoms with E-state index in [1.54, 1.807) is 7.11 Å². The van der Waals surface area contributed by atoms with Crippen LogP contribution in [-0.2, 0) is 0 Å². The van der Waals surface area contributed by atoms with Gasteiger partial charge >= 0.3 is 0 Å². The summed E-state index contributed by atoms with van der Waals surface area (Å²) in [6.45, 7) is 2.11. The van der Waals surface area contributed by atoms with E-state index in [4.69, 9.17) is 17.0 Å². The maximum atomic E-state index is 5.37. The summed E-state index contributed by atoms with van der Waals surface area (Å²) in [5.74, 6) is 0.876. The monoisotopic (exact) mass is 278 g/mol. The number of hydrogen-bond donors (Lipinski definition) is 2. The van der Waals surface area contributed by atoms with Crippen LogP contribution >= 0.6 is 12.2 Å². The molecule has 0 aliphatic heterocycles. The third-order valence-corrected chi connectivity index (χ3v) is 3.87. The van der Waals surface area contributed by atoms with Gasteiger partial charge in [0.1, 0.15) is 5.75 Å². The van der Waals surface area contributed by atoms with Crippen molar-refractivity contribution in [1.82, 2.24) is 10.6 Å². The fourth-order valence-corrected chi connectivity index (χ4v) is 2.83. The van der Waals surface area contributed by atoms with Crippen molar-refractivity contribution in [3.8, 4) is 5.75 Å². The molecule has 4 heteroatoms. The molecule has 0 heterocycles. The lowest BCUT2D eigenvalue weighted by Crippen LogP contribution is -2.41. The SMILES string of the molecule is COc1cccc(C(C)NC(=S)NC2CCCC2)c1. The van der Waals surface area contributed by atoms with Crippen LogP contribution < -0.4 is 15.4 Å². The van der Waals surface area contributed by atoms with Crippen molar-refractivity contribution in [2.24, 2.45) is 0 Å². The molecule has 19 heavy (non-hydrogen) atoms. The lowest BCUT2D eigenvalue weighted by atomic mass is 10.1. The van der Waals surface area contributed by atoms with Gasteiger partial charge in [-0.05, 0) is 49.7 Å². The van der Waals surface area contributed by atoms with Gasteiger partial charge in [-0.15, -0.1) is 0 Å². The van der Waals surface area contributed by atoms with Crippen LogP contribution in [-0.4, -0.2) is 18.3 Å². The largest absolute Gasteiger partial charge is 0.497 e. The Bertz CT molecular complexity index is 430. The first-order valence-electron chi connectivity index (χ1n) is 6.90. The summed E-state index contributed by atoms with van der Waals surface area (Å²) in [5, 5.41) is 7.49. The normalized spacial score (nSPS) is 16.9. The second-order valence-corrected chi connectivity index (χ2v) is 5.51. The molecular weight excluding hydrogens is 256 g/mol. The molecule has 1 fully saturated rings. The van der Waals surface area contributed by atoms with Gasteiger partial charge in [-0.25, -0.2) is 0 Å². The van der Waals surface area contributed by atoms with Gasteiger partial charge in [-0.3, -0.25) is 0 Å². The quantitative estimate of drug-likeness (QED) is 0.829. The van der Waals surface area contributed by atoms with Crippen LogP contribution in [0.1, 0.15) is 44.2 Å². The second kappa shape index (κ2) is 6.75. The predicted molar refractivity (Wildman–Crippen MR) is 82.5 cm³/mol. The Morgan fingerprint density at radius 3 is 2.79 bits per heavy atom. The molecule has 1 aliphatic rings. The summed E-state index contributed by atoms with van der Waals surface area (Å²) in [6, 6.07) is 8.80. The van der Waals surface area contributed by atoms with Crippen molar-refractivity contribution in [2.45, 2.75) is 44.7 Å². The van der Waals surface area contributed by atoms with Gasteiger partial charge < -0.3 is 15.4 Å². The van der Waals surface area contributed by atoms with Gasteiger partial charge in [0.15, 0.2) is 5.11 Å². The Morgan fingerprint density at radius 1 is 1.37 bits per heavy atom. The standard InChI is InChI=1S/C15H22N2OS/c1-11(12-6-5-9-14(10-12)18-2)16-15(19)17-13-7-3-4-8-13/h5-6,9-11,13H,3-4,7-8H2,1-2H3,(H2,16,17,19). The lowest BCUT2D eigenvalue weighted by molar-refractivity contribution is 0.413. The first kappa shape index (κ1) is 14.1. The average molecular weight is 278 g/mol. The van der Waals surface area contributed by atoms with Crippen molar-refractivity contribution < 1.29 is 4.74 Å². The second-order valence-electron chi connectivity index (χ2n) is 5.10. The van der Waals surface area contributed by atoms with Gasteiger partial charge in [-0.2, -0.15) is 0 Å². The Kier molecular flexibility index (Phi) is 5.02. The van der Waals surface area contributed by atoms with Crippen molar-refractivity contribution in [2.75, 3.05) is 7.11 Å². The minimum absolute atomic E-state index is 0.177. The molecule has 104 valence electrons. The first-order chi connectivity index (χ1) is 9.19. The summed E-state index contributed by atoms with van der Waals surface area (Å²) in [6.07, 6.45) is 5.09. The minimum Gasteiger partial charge on any atom is -0.497 e. The Morgan fingerprint density at radius 2 is 2.11 bits per heavy atom. The molecule has 2 N–H and O–H groups in total. The van der Waals surface area contributed by atoms with Gasteiger partial charge in [0.25, 0.3) is 0 Å². The Balaban J connectivity index is 1.88. The molecule has 1 aromatic rings. The zero-order valence-corrected chi connectivity index (χ0v) is 12.4. The maximum Gasteiger partial charge on any atom is 0.166 e. The molecule has 1 aliphatic carbocycles. The molecule has 1 aromatic carbocycles. The van der Waals surface area contributed by atoms with Crippen LogP contribution in [0.2, 0.25) is 0 Å². The molecule has 1 saturated carbocycles. The third-order valence-electron chi connectivity index (χ3n) is 3.63. The smallest absolute Gasteiger partial charge is 0.166 e. The summed E-state index contributed by atoms with van der Waals surface area (Å²) >= 11 is 5.37. The molecule has 0 amide bonds. The van der Waals surface area contributed by atoms with Crippen LogP contribution in [0.5, 0.6) is 5.75 Å². The van der Waals surface area contributed by atoms with E-state index in [9.17, 15) is 0 Å². The summed E-state index contributed by atoms with van der Waals surface area (Å²) < 4.78 is 5.24. The third kappa shape index (κ3) is 4.10. The summed E-state index contributed by atoms with van der Waals surface area (Å²) in [4.78, 5) is 0. The molecule has 0 radical (unpaired) electrons. The maximum absolute atomic E-state index is 5.37. The number of hydrogen-bond acceptors (Lipinski definition) is 2. The zero-order chi connectivity index (χ0) is 13.7. The Labute approximate surface area is 120 Å². The van der Waals surface area contributed by atoms with Crippen LogP contribution in [0.3, 0.4) is 0 Å². The van der Waals surface area contributed by atoms with Crippen molar-refractivity contribution in [1.29, 1.82) is 0 Å². The van der Waals surface area contributed by atoms with E-state index in [-0.39, 0.29) is 6.04 Å². The highest BCUT2D eigenvalue weighted by atomic mass is 32.1. The number of nitrogens with one attached hydrogen (secondary N) is 2. The van der Waals surface area contributed by atoms with Crippen LogP contribution in [0.25, 0.3) is 0 Å².